The highest BCUT2D eigenvalue weighted by Crippen LogP contribution is 2.25. The average Bonchev–Trinajstić information content (AvgIpc) is 3.09. The Morgan fingerprint density at radius 2 is 1.70 bits per heavy atom. The molecule has 4 heteroatoms. The van der Waals surface area contributed by atoms with Crippen LogP contribution in [0.15, 0.2) is 0 Å². The lowest BCUT2D eigenvalue weighted by Crippen LogP contribution is -2.35. The van der Waals surface area contributed by atoms with E-state index in [9.17, 15) is 4.79 Å². The van der Waals surface area contributed by atoms with Gasteiger partial charge in [-0.3, -0.25) is 0 Å². The molecule has 2 aliphatic heterocycles. The molecule has 0 aromatic heterocycles. The van der Waals surface area contributed by atoms with Gasteiger partial charge in [-0.2, -0.15) is 0 Å². The fourth-order valence-electron chi connectivity index (χ4n) is 3.07. The molecule has 2 saturated heterocycles. The molecule has 0 spiro atoms. The monoisotopic (exact) mass is 326 g/mol. The number of nitrogens with one attached hydrogen (secondary N) is 1. The van der Waals surface area contributed by atoms with Crippen molar-refractivity contribution in [1.82, 2.24) is 10.2 Å². The Kier molecular flexibility index (Phi) is 7.85. The van der Waals surface area contributed by atoms with Crippen molar-refractivity contribution in [3.05, 3.63) is 0 Å². The Balaban J connectivity index is 0.000000277. The molecule has 4 nitrogen and oxygen atoms in total. The van der Waals surface area contributed by atoms with Crippen LogP contribution in [0.1, 0.15) is 61.3 Å². The zero-order valence-corrected chi connectivity index (χ0v) is 16.3. The van der Waals surface area contributed by atoms with Gasteiger partial charge in [0, 0.05) is 13.1 Å². The molecule has 2 aliphatic rings. The molecule has 0 aromatic carbocycles. The van der Waals surface area contributed by atoms with Crippen LogP contribution in [0.3, 0.4) is 0 Å². The predicted molar refractivity (Wildman–Crippen MR) is 96.6 cm³/mol. The molecule has 2 fully saturated rings. The van der Waals surface area contributed by atoms with Crippen LogP contribution >= 0.6 is 0 Å². The van der Waals surface area contributed by atoms with Crippen molar-refractivity contribution < 1.29 is 9.53 Å². The fraction of sp³-hybridized carbons (Fsp3) is 0.947. The number of rotatable bonds is 2. The molecule has 0 aromatic rings. The normalized spacial score (nSPS) is 24.8. The van der Waals surface area contributed by atoms with Gasteiger partial charge in [-0.05, 0) is 70.4 Å². The largest absolute Gasteiger partial charge is 0.444 e. The van der Waals surface area contributed by atoms with E-state index in [0.29, 0.717) is 11.8 Å². The second kappa shape index (κ2) is 8.91. The van der Waals surface area contributed by atoms with Crippen LogP contribution in [0, 0.1) is 23.7 Å². The topological polar surface area (TPSA) is 41.6 Å². The number of hydrogen-bond acceptors (Lipinski definition) is 3. The van der Waals surface area contributed by atoms with E-state index < -0.39 is 0 Å². The Labute approximate surface area is 143 Å². The molecular formula is C19H38N2O2. The third-order valence-electron chi connectivity index (χ3n) is 4.86. The zero-order valence-electron chi connectivity index (χ0n) is 16.3. The van der Waals surface area contributed by atoms with E-state index in [2.05, 4.69) is 33.0 Å². The first kappa shape index (κ1) is 20.3. The first-order valence-corrected chi connectivity index (χ1v) is 9.28. The summed E-state index contributed by atoms with van der Waals surface area (Å²) in [5.74, 6) is 3.12. The highest BCUT2D eigenvalue weighted by atomic mass is 16.6. The maximum absolute atomic E-state index is 11.7. The van der Waals surface area contributed by atoms with Crippen molar-refractivity contribution in [3.63, 3.8) is 0 Å². The van der Waals surface area contributed by atoms with Gasteiger partial charge in [0.15, 0.2) is 0 Å². The van der Waals surface area contributed by atoms with Crippen LogP contribution in [-0.2, 0) is 4.74 Å². The quantitative estimate of drug-likeness (QED) is 0.829. The number of likely N-dealkylation sites (tertiary alicyclic amines) is 1. The van der Waals surface area contributed by atoms with Gasteiger partial charge < -0.3 is 15.0 Å². The van der Waals surface area contributed by atoms with Crippen molar-refractivity contribution >= 4 is 6.09 Å². The van der Waals surface area contributed by atoms with E-state index in [1.807, 2.05) is 25.7 Å². The number of carbonyl (C=O) groups excluding carboxylic acids is 1. The van der Waals surface area contributed by atoms with Crippen molar-refractivity contribution in [1.29, 1.82) is 0 Å². The van der Waals surface area contributed by atoms with Crippen LogP contribution in [0.4, 0.5) is 4.79 Å². The van der Waals surface area contributed by atoms with Gasteiger partial charge in [0.1, 0.15) is 5.60 Å². The maximum atomic E-state index is 11.7. The highest BCUT2D eigenvalue weighted by molar-refractivity contribution is 5.68. The van der Waals surface area contributed by atoms with Gasteiger partial charge in [-0.25, -0.2) is 4.79 Å². The summed E-state index contributed by atoms with van der Waals surface area (Å²) < 4.78 is 5.34. The third kappa shape index (κ3) is 7.56. The summed E-state index contributed by atoms with van der Waals surface area (Å²) in [7, 11) is 0. The Hall–Kier alpha value is -0.770. The predicted octanol–water partition coefficient (Wildman–Crippen LogP) is 4.15. The summed E-state index contributed by atoms with van der Waals surface area (Å²) in [6.45, 7) is 18.9. The van der Waals surface area contributed by atoms with Crippen molar-refractivity contribution in [2.45, 2.75) is 66.9 Å². The Morgan fingerprint density at radius 1 is 1.09 bits per heavy atom. The smallest absolute Gasteiger partial charge is 0.410 e. The molecule has 2 atom stereocenters. The second-order valence-corrected chi connectivity index (χ2v) is 8.72. The van der Waals surface area contributed by atoms with Gasteiger partial charge in [0.05, 0.1) is 0 Å². The van der Waals surface area contributed by atoms with E-state index in [-0.39, 0.29) is 11.7 Å². The van der Waals surface area contributed by atoms with E-state index >= 15 is 0 Å². The molecule has 1 N–H and O–H groups in total. The van der Waals surface area contributed by atoms with Crippen molar-refractivity contribution in [3.8, 4) is 0 Å². The molecule has 0 radical (unpaired) electrons. The molecule has 2 rings (SSSR count). The van der Waals surface area contributed by atoms with Gasteiger partial charge in [-0.1, -0.05) is 27.7 Å². The summed E-state index contributed by atoms with van der Waals surface area (Å²) in [6, 6.07) is 0. The molecular weight excluding hydrogens is 288 g/mol. The minimum atomic E-state index is -0.382. The molecule has 1 amide bonds. The van der Waals surface area contributed by atoms with Crippen LogP contribution in [0.25, 0.3) is 0 Å². The number of ether oxygens (including phenoxy) is 1. The third-order valence-corrected chi connectivity index (χ3v) is 4.86. The first-order valence-electron chi connectivity index (χ1n) is 9.28. The second-order valence-electron chi connectivity index (χ2n) is 8.72. The van der Waals surface area contributed by atoms with Gasteiger partial charge >= 0.3 is 6.09 Å². The van der Waals surface area contributed by atoms with Crippen LogP contribution in [0.5, 0.6) is 0 Å². The molecule has 0 aliphatic carbocycles. The van der Waals surface area contributed by atoms with E-state index in [0.717, 1.165) is 31.3 Å². The summed E-state index contributed by atoms with van der Waals surface area (Å²) in [4.78, 5) is 13.6. The summed E-state index contributed by atoms with van der Waals surface area (Å²) in [5.41, 5.74) is -0.382. The molecule has 136 valence electrons. The maximum Gasteiger partial charge on any atom is 0.410 e. The van der Waals surface area contributed by atoms with Crippen LogP contribution in [-0.4, -0.2) is 42.8 Å². The van der Waals surface area contributed by atoms with Crippen molar-refractivity contribution in [2.75, 3.05) is 26.2 Å². The van der Waals surface area contributed by atoms with Crippen LogP contribution in [0.2, 0.25) is 0 Å². The van der Waals surface area contributed by atoms with E-state index in [4.69, 9.17) is 4.74 Å². The minimum Gasteiger partial charge on any atom is -0.444 e. The van der Waals surface area contributed by atoms with Gasteiger partial charge in [-0.15, -0.1) is 0 Å². The zero-order chi connectivity index (χ0) is 17.6. The van der Waals surface area contributed by atoms with Crippen LogP contribution < -0.4 is 5.32 Å². The first-order chi connectivity index (χ1) is 10.6. The lowest BCUT2D eigenvalue weighted by molar-refractivity contribution is 0.0285. The molecule has 23 heavy (non-hydrogen) atoms. The molecule has 0 bridgehead atoms. The van der Waals surface area contributed by atoms with Gasteiger partial charge in [0.25, 0.3) is 0 Å². The molecule has 2 unspecified atom stereocenters. The highest BCUT2D eigenvalue weighted by Gasteiger charge is 2.30. The number of amides is 1. The number of nitrogens with zero attached hydrogens (tertiary/aromatic N) is 1. The SMILES string of the molecule is CC(C)C1CCN(C(=O)OC(C)(C)C)C1.CC(C)C1CCNC1. The van der Waals surface area contributed by atoms with E-state index in [1.165, 1.54) is 19.5 Å². The van der Waals surface area contributed by atoms with E-state index in [1.54, 1.807) is 0 Å². The summed E-state index contributed by atoms with van der Waals surface area (Å²) in [5, 5.41) is 3.35. The lowest BCUT2D eigenvalue weighted by Gasteiger charge is -2.24. The Bertz CT molecular complexity index is 355. The fourth-order valence-corrected chi connectivity index (χ4v) is 3.07. The summed E-state index contributed by atoms with van der Waals surface area (Å²) >= 11 is 0. The Morgan fingerprint density at radius 3 is 2.04 bits per heavy atom. The van der Waals surface area contributed by atoms with Gasteiger partial charge in [0.2, 0.25) is 0 Å². The van der Waals surface area contributed by atoms with Crippen molar-refractivity contribution in [2.24, 2.45) is 23.7 Å². The average molecular weight is 327 g/mol. The summed E-state index contributed by atoms with van der Waals surface area (Å²) in [6.07, 6.45) is 2.33. The molecule has 2 heterocycles. The standard InChI is InChI=1S/C12H23NO2.C7H15N/c1-9(2)10-6-7-13(8-10)11(14)15-12(3,4)5;1-6(2)7-3-4-8-5-7/h9-10H,6-8H2,1-5H3;6-8H,3-5H2,1-2H3. The number of hydrogen-bond donors (Lipinski definition) is 1. The molecule has 0 saturated carbocycles. The number of carbonyl (C=O) groups is 1. The lowest BCUT2D eigenvalue weighted by atomic mass is 9.95. The minimum absolute atomic E-state index is 0.161.